The highest BCUT2D eigenvalue weighted by molar-refractivity contribution is 5.92. The summed E-state index contributed by atoms with van der Waals surface area (Å²) in [6.45, 7) is 0.551. The van der Waals surface area contributed by atoms with Gasteiger partial charge in [0.15, 0.2) is 0 Å². The van der Waals surface area contributed by atoms with E-state index in [4.69, 9.17) is 10.5 Å². The van der Waals surface area contributed by atoms with Crippen molar-refractivity contribution in [3.05, 3.63) is 59.9 Å². The Hall–Kier alpha value is -2.40. The molecule has 24 heavy (non-hydrogen) atoms. The van der Waals surface area contributed by atoms with Crippen molar-refractivity contribution in [3.63, 3.8) is 0 Å². The molecule has 5 heteroatoms. The Morgan fingerprint density at radius 3 is 2.71 bits per heavy atom. The largest absolute Gasteiger partial charge is 0.491 e. The van der Waals surface area contributed by atoms with Crippen LogP contribution in [-0.2, 0) is 4.79 Å². The fraction of sp³-hybridized carbons (Fsp3) is 0.316. The number of nitrogens with one attached hydrogen (secondary N) is 1. The van der Waals surface area contributed by atoms with Crippen LogP contribution in [-0.4, -0.2) is 12.5 Å². The fourth-order valence-corrected chi connectivity index (χ4v) is 2.43. The van der Waals surface area contributed by atoms with Gasteiger partial charge < -0.3 is 15.8 Å². The number of anilines is 1. The van der Waals surface area contributed by atoms with E-state index in [9.17, 15) is 9.18 Å². The maximum absolute atomic E-state index is 13.4. The summed E-state index contributed by atoms with van der Waals surface area (Å²) >= 11 is 0. The predicted octanol–water partition coefficient (Wildman–Crippen LogP) is 3.64. The standard InChI is InChI=1S/C19H21FN2O2/c20-15-8-9-17(18(10-15)24-12-13-6-7-13)22-19(23)11-16(21)14-4-2-1-3-5-14/h1-5,8-10,13,16H,6-7,11-12,21H2,(H,22,23). The molecule has 1 fully saturated rings. The molecule has 4 nitrogen and oxygen atoms in total. The summed E-state index contributed by atoms with van der Waals surface area (Å²) in [6, 6.07) is 13.2. The molecule has 1 saturated carbocycles. The van der Waals surface area contributed by atoms with E-state index in [0.717, 1.165) is 18.4 Å². The molecule has 0 bridgehead atoms. The lowest BCUT2D eigenvalue weighted by atomic mass is 10.0. The Morgan fingerprint density at radius 1 is 1.25 bits per heavy atom. The number of amides is 1. The first-order valence-corrected chi connectivity index (χ1v) is 8.14. The maximum Gasteiger partial charge on any atom is 0.226 e. The molecule has 1 unspecified atom stereocenters. The molecule has 0 spiro atoms. The summed E-state index contributed by atoms with van der Waals surface area (Å²) in [5.41, 5.74) is 7.44. The number of halogens is 1. The van der Waals surface area contributed by atoms with Crippen molar-refractivity contribution >= 4 is 11.6 Å². The van der Waals surface area contributed by atoms with Crippen molar-refractivity contribution in [1.29, 1.82) is 0 Å². The van der Waals surface area contributed by atoms with Crippen LogP contribution in [0.15, 0.2) is 48.5 Å². The van der Waals surface area contributed by atoms with Crippen molar-refractivity contribution < 1.29 is 13.9 Å². The zero-order valence-corrected chi connectivity index (χ0v) is 13.4. The van der Waals surface area contributed by atoms with Crippen molar-refractivity contribution in [3.8, 4) is 5.75 Å². The molecule has 0 heterocycles. The van der Waals surface area contributed by atoms with Crippen LogP contribution in [0.3, 0.4) is 0 Å². The fourth-order valence-electron chi connectivity index (χ4n) is 2.43. The van der Waals surface area contributed by atoms with Crippen LogP contribution in [0.5, 0.6) is 5.75 Å². The van der Waals surface area contributed by atoms with Crippen LogP contribution >= 0.6 is 0 Å². The molecular weight excluding hydrogens is 307 g/mol. The van der Waals surface area contributed by atoms with Crippen molar-refractivity contribution in [1.82, 2.24) is 0 Å². The Balaban J connectivity index is 1.62. The number of hydrogen-bond acceptors (Lipinski definition) is 3. The molecule has 1 aliphatic carbocycles. The van der Waals surface area contributed by atoms with E-state index in [2.05, 4.69) is 5.32 Å². The molecule has 0 aliphatic heterocycles. The minimum atomic E-state index is -0.389. The van der Waals surface area contributed by atoms with Gasteiger partial charge in [0.2, 0.25) is 5.91 Å². The first-order valence-electron chi connectivity index (χ1n) is 8.14. The van der Waals surface area contributed by atoms with Gasteiger partial charge >= 0.3 is 0 Å². The third kappa shape index (κ3) is 4.55. The number of rotatable bonds is 7. The highest BCUT2D eigenvalue weighted by Crippen LogP contribution is 2.32. The van der Waals surface area contributed by atoms with Crippen LogP contribution in [0.2, 0.25) is 0 Å². The zero-order chi connectivity index (χ0) is 16.9. The van der Waals surface area contributed by atoms with E-state index >= 15 is 0 Å². The summed E-state index contributed by atoms with van der Waals surface area (Å²) in [4.78, 5) is 12.2. The molecule has 3 N–H and O–H groups in total. The smallest absolute Gasteiger partial charge is 0.226 e. The van der Waals surface area contributed by atoms with Gasteiger partial charge in [-0.2, -0.15) is 0 Å². The van der Waals surface area contributed by atoms with Crippen molar-refractivity contribution in [2.24, 2.45) is 11.7 Å². The van der Waals surface area contributed by atoms with Crippen LogP contribution in [0.4, 0.5) is 10.1 Å². The third-order valence-electron chi connectivity index (χ3n) is 4.02. The molecule has 1 aliphatic rings. The lowest BCUT2D eigenvalue weighted by Gasteiger charge is -2.15. The minimum absolute atomic E-state index is 0.142. The van der Waals surface area contributed by atoms with E-state index in [1.165, 1.54) is 18.2 Å². The minimum Gasteiger partial charge on any atom is -0.491 e. The Kier molecular flexibility index (Phi) is 5.11. The average Bonchev–Trinajstić information content (AvgIpc) is 3.40. The van der Waals surface area contributed by atoms with Crippen LogP contribution in [0, 0.1) is 11.7 Å². The molecule has 2 aromatic carbocycles. The quantitative estimate of drug-likeness (QED) is 0.815. The zero-order valence-electron chi connectivity index (χ0n) is 13.4. The molecule has 0 aromatic heterocycles. The summed E-state index contributed by atoms with van der Waals surface area (Å²) < 4.78 is 19.1. The van der Waals surface area contributed by atoms with Crippen LogP contribution in [0.25, 0.3) is 0 Å². The summed E-state index contributed by atoms with van der Waals surface area (Å²) in [5.74, 6) is 0.292. The van der Waals surface area contributed by atoms with Gasteiger partial charge in [-0.15, -0.1) is 0 Å². The van der Waals surface area contributed by atoms with Crippen molar-refractivity contribution in [2.75, 3.05) is 11.9 Å². The molecule has 1 amide bonds. The van der Waals surface area contributed by atoms with Gasteiger partial charge in [0, 0.05) is 18.5 Å². The summed E-state index contributed by atoms with van der Waals surface area (Å²) in [6.07, 6.45) is 2.43. The number of carbonyl (C=O) groups is 1. The molecule has 126 valence electrons. The molecule has 0 radical (unpaired) electrons. The third-order valence-corrected chi connectivity index (χ3v) is 4.02. The maximum atomic E-state index is 13.4. The predicted molar refractivity (Wildman–Crippen MR) is 91.2 cm³/mol. The van der Waals surface area contributed by atoms with Crippen molar-refractivity contribution in [2.45, 2.75) is 25.3 Å². The van der Waals surface area contributed by atoms with Crippen LogP contribution in [0.1, 0.15) is 30.9 Å². The summed E-state index contributed by atoms with van der Waals surface area (Å²) in [7, 11) is 0. The SMILES string of the molecule is NC(CC(=O)Nc1ccc(F)cc1OCC1CC1)c1ccccc1. The van der Waals surface area contributed by atoms with Crippen LogP contribution < -0.4 is 15.8 Å². The Labute approximate surface area is 140 Å². The molecule has 2 aromatic rings. The van der Waals surface area contributed by atoms with Gasteiger partial charge in [-0.3, -0.25) is 4.79 Å². The number of carbonyl (C=O) groups excluding carboxylic acids is 1. The average molecular weight is 328 g/mol. The van der Waals surface area contributed by atoms with E-state index in [0.29, 0.717) is 24.0 Å². The lowest BCUT2D eigenvalue weighted by molar-refractivity contribution is -0.116. The molecule has 3 rings (SSSR count). The first-order chi connectivity index (χ1) is 11.6. The lowest BCUT2D eigenvalue weighted by Crippen LogP contribution is -2.21. The van der Waals surface area contributed by atoms with Gasteiger partial charge in [0.1, 0.15) is 11.6 Å². The van der Waals surface area contributed by atoms with Gasteiger partial charge in [0.05, 0.1) is 12.3 Å². The van der Waals surface area contributed by atoms with Gasteiger partial charge in [-0.05, 0) is 36.5 Å². The van der Waals surface area contributed by atoms with E-state index in [1.807, 2.05) is 30.3 Å². The molecule has 0 saturated heterocycles. The number of nitrogens with two attached hydrogens (primary N) is 1. The first kappa shape index (κ1) is 16.5. The van der Waals surface area contributed by atoms with E-state index < -0.39 is 0 Å². The molecular formula is C19H21FN2O2. The number of hydrogen-bond donors (Lipinski definition) is 2. The van der Waals surface area contributed by atoms with E-state index in [1.54, 1.807) is 0 Å². The molecule has 1 atom stereocenters. The highest BCUT2D eigenvalue weighted by Gasteiger charge is 2.23. The Bertz CT molecular complexity index is 702. The van der Waals surface area contributed by atoms with Gasteiger partial charge in [-0.1, -0.05) is 30.3 Å². The second-order valence-corrected chi connectivity index (χ2v) is 6.16. The topological polar surface area (TPSA) is 64.4 Å². The monoisotopic (exact) mass is 328 g/mol. The number of ether oxygens (including phenoxy) is 1. The second kappa shape index (κ2) is 7.45. The second-order valence-electron chi connectivity index (χ2n) is 6.16. The summed E-state index contributed by atoms with van der Waals surface area (Å²) in [5, 5.41) is 2.77. The highest BCUT2D eigenvalue weighted by atomic mass is 19.1. The normalized spacial score (nSPS) is 14.9. The van der Waals surface area contributed by atoms with Gasteiger partial charge in [0.25, 0.3) is 0 Å². The van der Waals surface area contributed by atoms with Gasteiger partial charge in [-0.25, -0.2) is 4.39 Å². The van der Waals surface area contributed by atoms with E-state index in [-0.39, 0.29) is 24.2 Å². The number of benzene rings is 2. The Morgan fingerprint density at radius 2 is 2.00 bits per heavy atom.